The van der Waals surface area contributed by atoms with Crippen molar-refractivity contribution >= 4 is 5.78 Å². The number of carbonyl (C=O) groups is 1. The van der Waals surface area contributed by atoms with Gasteiger partial charge in [-0.15, -0.1) is 0 Å². The molecule has 0 heterocycles. The maximum absolute atomic E-state index is 10.6. The zero-order valence-corrected chi connectivity index (χ0v) is 8.44. The summed E-state index contributed by atoms with van der Waals surface area (Å²) in [5.41, 5.74) is 1.10. The highest BCUT2D eigenvalue weighted by molar-refractivity contribution is 5.86. The summed E-state index contributed by atoms with van der Waals surface area (Å²) >= 11 is 0. The number of hydrogen-bond donors (Lipinski definition) is 0. The van der Waals surface area contributed by atoms with Crippen molar-refractivity contribution in [3.8, 4) is 0 Å². The average Bonchev–Trinajstić information content (AvgIpc) is 2.18. The van der Waals surface area contributed by atoms with Crippen LogP contribution in [0.15, 0.2) is 42.7 Å². The molecule has 0 saturated carbocycles. The van der Waals surface area contributed by atoms with Gasteiger partial charge in [0, 0.05) is 6.08 Å². The van der Waals surface area contributed by atoms with E-state index in [1.54, 1.807) is 0 Å². The Labute approximate surface area is 84.2 Å². The smallest absolute Gasteiger partial charge is 0.155 e. The Hall–Kier alpha value is -1.57. The Morgan fingerprint density at radius 1 is 1.36 bits per heavy atom. The first-order valence-corrected chi connectivity index (χ1v) is 4.57. The lowest BCUT2D eigenvalue weighted by Crippen LogP contribution is -1.94. The van der Waals surface area contributed by atoms with Gasteiger partial charge in [-0.3, -0.25) is 4.79 Å². The first-order valence-electron chi connectivity index (χ1n) is 4.57. The molecule has 0 aliphatic carbocycles. The summed E-state index contributed by atoms with van der Waals surface area (Å²) in [6, 6.07) is 9.87. The van der Waals surface area contributed by atoms with Crippen LogP contribution in [0.5, 0.6) is 0 Å². The molecule has 0 spiro atoms. The summed E-state index contributed by atoms with van der Waals surface area (Å²) in [6.45, 7) is 3.44. The van der Waals surface area contributed by atoms with E-state index >= 15 is 0 Å². The van der Waals surface area contributed by atoms with Crippen molar-refractivity contribution in [2.75, 3.05) is 0 Å². The van der Waals surface area contributed by atoms with Crippen LogP contribution in [0.4, 0.5) is 0 Å². The van der Waals surface area contributed by atoms with Gasteiger partial charge in [0.25, 0.3) is 0 Å². The molecule has 0 unspecified atom stereocenters. The first kappa shape index (κ1) is 10.5. The predicted molar refractivity (Wildman–Crippen MR) is 55.8 cm³/mol. The molecule has 1 aromatic rings. The molecular weight excluding hydrogens is 176 g/mol. The summed E-state index contributed by atoms with van der Waals surface area (Å²) in [7, 11) is 0. The number of ketones is 1. The molecule has 1 rings (SSSR count). The van der Waals surface area contributed by atoms with Gasteiger partial charge in [-0.25, -0.2) is 0 Å². The van der Waals surface area contributed by atoms with Crippen LogP contribution in [0.2, 0.25) is 0 Å². The SMILES string of the molecule is CC(=O)C=CO[C@H](C)c1ccccc1. The Balaban J connectivity index is 2.51. The van der Waals surface area contributed by atoms with Crippen molar-refractivity contribution in [3.63, 3.8) is 0 Å². The van der Waals surface area contributed by atoms with E-state index < -0.39 is 0 Å². The number of carbonyl (C=O) groups excluding carboxylic acids is 1. The van der Waals surface area contributed by atoms with Gasteiger partial charge in [0.2, 0.25) is 0 Å². The van der Waals surface area contributed by atoms with Crippen LogP contribution >= 0.6 is 0 Å². The lowest BCUT2D eigenvalue weighted by molar-refractivity contribution is -0.112. The molecule has 1 atom stereocenters. The van der Waals surface area contributed by atoms with Crippen LogP contribution in [0.3, 0.4) is 0 Å². The van der Waals surface area contributed by atoms with Crippen LogP contribution in [-0.2, 0) is 9.53 Å². The van der Waals surface area contributed by atoms with E-state index in [0.29, 0.717) is 0 Å². The van der Waals surface area contributed by atoms with Gasteiger partial charge in [0.1, 0.15) is 6.10 Å². The minimum Gasteiger partial charge on any atom is -0.494 e. The quantitative estimate of drug-likeness (QED) is 0.539. The minimum absolute atomic E-state index is 0.00902. The molecule has 1 aromatic carbocycles. The number of rotatable bonds is 4. The second-order valence-corrected chi connectivity index (χ2v) is 3.10. The molecule has 0 aromatic heterocycles. The molecule has 0 radical (unpaired) electrons. The second kappa shape index (κ2) is 5.22. The minimum atomic E-state index is -0.0215. The molecule has 0 aliphatic rings. The van der Waals surface area contributed by atoms with E-state index in [2.05, 4.69) is 0 Å². The van der Waals surface area contributed by atoms with Gasteiger partial charge < -0.3 is 4.74 Å². The van der Waals surface area contributed by atoms with Gasteiger partial charge in [0.15, 0.2) is 5.78 Å². The third-order valence-corrected chi connectivity index (χ3v) is 1.85. The molecular formula is C12H14O2. The molecule has 0 fully saturated rings. The van der Waals surface area contributed by atoms with Crippen molar-refractivity contribution in [2.24, 2.45) is 0 Å². The maximum Gasteiger partial charge on any atom is 0.155 e. The Morgan fingerprint density at radius 2 is 2.00 bits per heavy atom. The van der Waals surface area contributed by atoms with E-state index in [1.165, 1.54) is 19.3 Å². The molecule has 2 nitrogen and oxygen atoms in total. The second-order valence-electron chi connectivity index (χ2n) is 3.10. The number of ether oxygens (including phenoxy) is 1. The fraction of sp³-hybridized carbons (Fsp3) is 0.250. The summed E-state index contributed by atoms with van der Waals surface area (Å²) in [4.78, 5) is 10.6. The first-order chi connectivity index (χ1) is 6.70. The van der Waals surface area contributed by atoms with E-state index in [4.69, 9.17) is 4.74 Å². The molecule has 74 valence electrons. The summed E-state index contributed by atoms with van der Waals surface area (Å²) in [6.07, 6.45) is 2.84. The highest BCUT2D eigenvalue weighted by atomic mass is 16.5. The largest absolute Gasteiger partial charge is 0.494 e. The van der Waals surface area contributed by atoms with Gasteiger partial charge in [-0.05, 0) is 19.4 Å². The third kappa shape index (κ3) is 3.44. The average molecular weight is 190 g/mol. The Bertz CT molecular complexity index is 314. The van der Waals surface area contributed by atoms with Crippen LogP contribution in [0.1, 0.15) is 25.5 Å². The monoisotopic (exact) mass is 190 g/mol. The van der Waals surface area contributed by atoms with Crippen molar-refractivity contribution in [3.05, 3.63) is 48.2 Å². The molecule has 14 heavy (non-hydrogen) atoms. The van der Waals surface area contributed by atoms with Crippen molar-refractivity contribution in [1.82, 2.24) is 0 Å². The van der Waals surface area contributed by atoms with Crippen LogP contribution < -0.4 is 0 Å². The lowest BCUT2D eigenvalue weighted by atomic mass is 10.1. The van der Waals surface area contributed by atoms with Gasteiger partial charge >= 0.3 is 0 Å². The topological polar surface area (TPSA) is 26.3 Å². The van der Waals surface area contributed by atoms with Crippen molar-refractivity contribution < 1.29 is 9.53 Å². The highest BCUT2D eigenvalue weighted by Crippen LogP contribution is 2.15. The molecule has 0 aliphatic heterocycles. The molecule has 0 N–H and O–H groups in total. The van der Waals surface area contributed by atoms with Crippen LogP contribution in [0.25, 0.3) is 0 Å². The Morgan fingerprint density at radius 3 is 2.57 bits per heavy atom. The fourth-order valence-corrected chi connectivity index (χ4v) is 1.06. The van der Waals surface area contributed by atoms with Gasteiger partial charge in [-0.1, -0.05) is 30.3 Å². The number of allylic oxidation sites excluding steroid dienone is 1. The van der Waals surface area contributed by atoms with E-state index in [-0.39, 0.29) is 11.9 Å². The van der Waals surface area contributed by atoms with Gasteiger partial charge in [-0.2, -0.15) is 0 Å². The zero-order valence-electron chi connectivity index (χ0n) is 8.44. The highest BCUT2D eigenvalue weighted by Gasteiger charge is 2.01. The maximum atomic E-state index is 10.6. The van der Waals surface area contributed by atoms with Crippen LogP contribution in [0, 0.1) is 0 Å². The molecule has 2 heteroatoms. The Kier molecular flexibility index (Phi) is 3.92. The standard InChI is InChI=1S/C12H14O2/c1-10(13)8-9-14-11(2)12-6-4-3-5-7-12/h3-9,11H,1-2H3/t11-/m1/s1. The van der Waals surface area contributed by atoms with E-state index in [0.717, 1.165) is 5.56 Å². The summed E-state index contributed by atoms with van der Waals surface area (Å²) < 4.78 is 5.34. The van der Waals surface area contributed by atoms with Crippen LogP contribution in [-0.4, -0.2) is 5.78 Å². The molecule has 0 bridgehead atoms. The lowest BCUT2D eigenvalue weighted by Gasteiger charge is -2.10. The zero-order chi connectivity index (χ0) is 10.4. The summed E-state index contributed by atoms with van der Waals surface area (Å²) in [5.74, 6) is -0.00902. The third-order valence-electron chi connectivity index (χ3n) is 1.85. The number of hydrogen-bond acceptors (Lipinski definition) is 2. The molecule has 0 saturated heterocycles. The van der Waals surface area contributed by atoms with Crippen molar-refractivity contribution in [2.45, 2.75) is 20.0 Å². The molecule has 0 amide bonds. The van der Waals surface area contributed by atoms with Gasteiger partial charge in [0.05, 0.1) is 6.26 Å². The number of benzene rings is 1. The summed E-state index contributed by atoms with van der Waals surface area (Å²) in [5, 5.41) is 0. The van der Waals surface area contributed by atoms with Crippen molar-refractivity contribution in [1.29, 1.82) is 0 Å². The van der Waals surface area contributed by atoms with E-state index in [9.17, 15) is 4.79 Å². The van der Waals surface area contributed by atoms with E-state index in [1.807, 2.05) is 37.3 Å². The predicted octanol–water partition coefficient (Wildman–Crippen LogP) is 2.87. The fourth-order valence-electron chi connectivity index (χ4n) is 1.06. The normalized spacial score (nSPS) is 12.7.